The van der Waals surface area contributed by atoms with Crippen LogP contribution >= 0.6 is 7.82 Å². The van der Waals surface area contributed by atoms with Crippen LogP contribution in [0.5, 0.6) is 0 Å². The van der Waals surface area contributed by atoms with Crippen molar-refractivity contribution < 1.29 is 48.8 Å². The summed E-state index contributed by atoms with van der Waals surface area (Å²) in [5.41, 5.74) is 4.02. The van der Waals surface area contributed by atoms with Crippen molar-refractivity contribution in [2.75, 3.05) is 0 Å². The molecule has 0 radical (unpaired) electrons. The first kappa shape index (κ1) is 20.6. The molecule has 4 nitrogen and oxygen atoms in total. The fraction of sp³-hybridized carbons (Fsp3) is 0.200. The van der Waals surface area contributed by atoms with E-state index in [0.29, 0.717) is 5.92 Å². The minimum Gasteiger partial charge on any atom is -0.303 e. The van der Waals surface area contributed by atoms with Gasteiger partial charge >= 0.3 is 37.4 Å². The van der Waals surface area contributed by atoms with E-state index in [9.17, 15) is 0 Å². The molecule has 0 aliphatic rings. The average Bonchev–Trinajstić information content (AvgIpc) is 2.38. The summed E-state index contributed by atoms with van der Waals surface area (Å²) in [5.74, 6) is 0.561. The third kappa shape index (κ3) is 8.54. The molecule has 3 N–H and O–H groups in total. The molecule has 6 heteroatoms. The molecule has 108 valence electrons. The predicted octanol–water partition coefficient (Wildman–Crippen LogP) is 0.353. The Morgan fingerprint density at radius 1 is 1.00 bits per heavy atom. The van der Waals surface area contributed by atoms with Crippen molar-refractivity contribution in [1.82, 2.24) is 0 Å². The van der Waals surface area contributed by atoms with Gasteiger partial charge in [-0.15, -0.1) is 5.56 Å². The normalized spacial score (nSPS) is 10.4. The summed E-state index contributed by atoms with van der Waals surface area (Å²) in [4.78, 5) is 21.6. The largest absolute Gasteiger partial charge is 1.00 e. The molecule has 0 unspecified atom stereocenters. The molecule has 0 spiro atoms. The van der Waals surface area contributed by atoms with Gasteiger partial charge in [-0.05, 0) is 17.0 Å². The Kier molecular flexibility index (Phi) is 9.34. The summed E-state index contributed by atoms with van der Waals surface area (Å²) in [6, 6.07) is 19.8. The van der Waals surface area contributed by atoms with Crippen LogP contribution in [0.15, 0.2) is 48.5 Å². The molecule has 0 amide bonds. The minimum absolute atomic E-state index is 0. The third-order valence-corrected chi connectivity index (χ3v) is 2.61. The number of benzene rings is 2. The molecule has 0 fully saturated rings. The van der Waals surface area contributed by atoms with Crippen LogP contribution in [-0.2, 0) is 4.57 Å². The summed E-state index contributed by atoms with van der Waals surface area (Å²) >= 11 is 0. The molecule has 0 aliphatic heterocycles. The maximum absolute atomic E-state index is 8.88. The molecule has 0 bridgehead atoms. The van der Waals surface area contributed by atoms with Crippen LogP contribution in [0.4, 0.5) is 0 Å². The van der Waals surface area contributed by atoms with Gasteiger partial charge in [0.25, 0.3) is 0 Å². The van der Waals surface area contributed by atoms with Gasteiger partial charge in [-0.1, -0.05) is 38.1 Å². The van der Waals surface area contributed by atoms with Gasteiger partial charge in [0.15, 0.2) is 0 Å². The van der Waals surface area contributed by atoms with E-state index in [4.69, 9.17) is 19.2 Å². The Labute approximate surface area is 147 Å². The summed E-state index contributed by atoms with van der Waals surface area (Å²) in [7, 11) is -4.64. The van der Waals surface area contributed by atoms with Crippen LogP contribution in [-0.4, -0.2) is 14.7 Å². The van der Waals surface area contributed by atoms with Crippen molar-refractivity contribution in [3.8, 4) is 11.1 Å². The number of hydrogen-bond donors (Lipinski definition) is 3. The maximum atomic E-state index is 8.88. The minimum atomic E-state index is -4.64. The van der Waals surface area contributed by atoms with Crippen molar-refractivity contribution in [2.24, 2.45) is 0 Å². The molecule has 2 aromatic rings. The van der Waals surface area contributed by atoms with E-state index in [1.54, 1.807) is 0 Å². The van der Waals surface area contributed by atoms with Gasteiger partial charge in [-0.3, -0.25) is 0 Å². The molecule has 0 heterocycles. The van der Waals surface area contributed by atoms with Gasteiger partial charge in [0.1, 0.15) is 0 Å². The van der Waals surface area contributed by atoms with Crippen molar-refractivity contribution in [3.63, 3.8) is 0 Å². The smallest absolute Gasteiger partial charge is 0.303 e. The van der Waals surface area contributed by atoms with E-state index in [-0.39, 0.29) is 29.6 Å². The van der Waals surface area contributed by atoms with Crippen molar-refractivity contribution in [1.29, 1.82) is 0 Å². The van der Waals surface area contributed by atoms with E-state index < -0.39 is 7.82 Å². The van der Waals surface area contributed by atoms with Gasteiger partial charge in [0.2, 0.25) is 0 Å². The second-order valence-corrected chi connectivity index (χ2v) is 5.57. The molecule has 0 aliphatic carbocycles. The van der Waals surface area contributed by atoms with E-state index in [1.807, 2.05) is 12.1 Å². The summed E-state index contributed by atoms with van der Waals surface area (Å²) < 4.78 is 8.88. The van der Waals surface area contributed by atoms with Gasteiger partial charge in [0, 0.05) is 0 Å². The second kappa shape index (κ2) is 9.54. The maximum Gasteiger partial charge on any atom is 1.00 e. The fourth-order valence-electron chi connectivity index (χ4n) is 1.83. The van der Waals surface area contributed by atoms with Crippen molar-refractivity contribution in [3.05, 3.63) is 60.2 Å². The Bertz CT molecular complexity index is 573. The summed E-state index contributed by atoms with van der Waals surface area (Å²) in [6.45, 7) is 4.46. The molecule has 0 aromatic heterocycles. The quantitative estimate of drug-likeness (QED) is 0.424. The van der Waals surface area contributed by atoms with E-state index in [1.165, 1.54) is 16.7 Å². The topological polar surface area (TPSA) is 77.8 Å². The first-order valence-electron chi connectivity index (χ1n) is 6.12. The second-order valence-electron chi connectivity index (χ2n) is 4.54. The Morgan fingerprint density at radius 3 is 1.95 bits per heavy atom. The van der Waals surface area contributed by atoms with Gasteiger partial charge in [-0.2, -0.15) is 30.3 Å². The van der Waals surface area contributed by atoms with E-state index in [2.05, 4.69) is 56.3 Å². The zero-order valence-corrected chi connectivity index (χ0v) is 15.3. The molecule has 2 aromatic carbocycles. The van der Waals surface area contributed by atoms with Gasteiger partial charge < -0.3 is 14.7 Å². The van der Waals surface area contributed by atoms with Gasteiger partial charge in [0.05, 0.1) is 0 Å². The summed E-state index contributed by atoms with van der Waals surface area (Å²) in [5, 5.41) is 0. The van der Waals surface area contributed by atoms with Crippen molar-refractivity contribution in [2.45, 2.75) is 19.8 Å². The Hall–Kier alpha value is -0.450. The first-order valence-corrected chi connectivity index (χ1v) is 7.69. The molecular formula is C15H18NaO4P. The van der Waals surface area contributed by atoms with Crippen LogP contribution in [0, 0.1) is 6.07 Å². The number of hydrogen-bond acceptors (Lipinski definition) is 1. The molecule has 21 heavy (non-hydrogen) atoms. The molecule has 0 saturated heterocycles. The van der Waals surface area contributed by atoms with Crippen molar-refractivity contribution >= 4 is 7.82 Å². The molecular weight excluding hydrogens is 298 g/mol. The first-order chi connectivity index (χ1) is 9.29. The standard InChI is InChI=1S/C15H15.Na.H3O4P/c1-12(2)14-10-6-7-11-15(14)13-8-4-3-5-9-13;;1-5(2,3)4/h4-12H,1-2H3;;(H3,1,2,3,4)/q-1;+1;. The summed E-state index contributed by atoms with van der Waals surface area (Å²) in [6.07, 6.45) is 0. The Balaban J connectivity index is 0.000000583. The van der Waals surface area contributed by atoms with E-state index >= 15 is 0 Å². The zero-order chi connectivity index (χ0) is 15.2. The van der Waals surface area contributed by atoms with Crippen LogP contribution < -0.4 is 29.6 Å². The SMILES string of the molecule is CC(C)c1ccccc1-c1cc[c-]cc1.O=P(O)(O)O.[Na+]. The molecule has 2 rings (SSSR count). The third-order valence-electron chi connectivity index (χ3n) is 2.61. The fourth-order valence-corrected chi connectivity index (χ4v) is 1.83. The van der Waals surface area contributed by atoms with E-state index in [0.717, 1.165) is 0 Å². The van der Waals surface area contributed by atoms with Crippen LogP contribution in [0.25, 0.3) is 11.1 Å². The zero-order valence-electron chi connectivity index (χ0n) is 12.4. The van der Waals surface area contributed by atoms with Gasteiger partial charge in [-0.25, -0.2) is 4.57 Å². The Morgan fingerprint density at radius 2 is 1.48 bits per heavy atom. The number of rotatable bonds is 2. The van der Waals surface area contributed by atoms with Crippen LogP contribution in [0.1, 0.15) is 25.3 Å². The number of phosphoric acid groups is 1. The van der Waals surface area contributed by atoms with Crippen LogP contribution in [0.3, 0.4) is 0 Å². The molecule has 0 saturated carbocycles. The molecule has 0 atom stereocenters. The average molecular weight is 316 g/mol. The monoisotopic (exact) mass is 316 g/mol. The van der Waals surface area contributed by atoms with Crippen LogP contribution in [0.2, 0.25) is 0 Å². The predicted molar refractivity (Wildman–Crippen MR) is 79.1 cm³/mol.